The van der Waals surface area contributed by atoms with Crippen molar-refractivity contribution < 1.29 is 4.79 Å². The summed E-state index contributed by atoms with van der Waals surface area (Å²) in [7, 11) is 0. The zero-order valence-corrected chi connectivity index (χ0v) is 19.6. The summed E-state index contributed by atoms with van der Waals surface area (Å²) < 4.78 is 0. The van der Waals surface area contributed by atoms with Gasteiger partial charge in [0.25, 0.3) is 0 Å². The van der Waals surface area contributed by atoms with Gasteiger partial charge in [-0.05, 0) is 67.6 Å². The molecule has 0 aromatic heterocycles. The molecule has 0 aromatic carbocycles. The number of carbonyl (C=O) groups is 1. The van der Waals surface area contributed by atoms with Crippen molar-refractivity contribution in [2.45, 2.75) is 135 Å². The standard InChI is InChI=1S/C28H50O/c1-2-6-23-14-18-27(19-15-23)28-20-16-25(17-21-28)8-4-3-7-24-10-12-26(13-11-24)9-5-22-29/h22-28H,2-21H2,1H3. The van der Waals surface area contributed by atoms with Crippen LogP contribution in [0.5, 0.6) is 0 Å². The van der Waals surface area contributed by atoms with Crippen LogP contribution >= 0.6 is 0 Å². The second-order valence-corrected chi connectivity index (χ2v) is 11.3. The number of rotatable bonds is 11. The Kier molecular flexibility index (Phi) is 10.6. The smallest absolute Gasteiger partial charge is 0.120 e. The highest BCUT2D eigenvalue weighted by Crippen LogP contribution is 2.43. The van der Waals surface area contributed by atoms with Crippen LogP contribution in [0.25, 0.3) is 0 Å². The highest BCUT2D eigenvalue weighted by molar-refractivity contribution is 5.49. The molecule has 3 saturated carbocycles. The Morgan fingerprint density at radius 2 is 0.931 bits per heavy atom. The van der Waals surface area contributed by atoms with E-state index in [2.05, 4.69) is 6.92 Å². The molecule has 0 N–H and O–H groups in total. The molecule has 0 saturated heterocycles. The van der Waals surface area contributed by atoms with Gasteiger partial charge in [0.15, 0.2) is 0 Å². The molecule has 3 fully saturated rings. The number of hydrogen-bond acceptors (Lipinski definition) is 1. The van der Waals surface area contributed by atoms with Crippen LogP contribution in [0.4, 0.5) is 0 Å². The van der Waals surface area contributed by atoms with Gasteiger partial charge in [0.1, 0.15) is 6.29 Å². The summed E-state index contributed by atoms with van der Waals surface area (Å²) in [5.41, 5.74) is 0. The predicted octanol–water partition coefficient (Wildman–Crippen LogP) is 8.75. The Hall–Kier alpha value is -0.330. The molecular weight excluding hydrogens is 352 g/mol. The van der Waals surface area contributed by atoms with Crippen LogP contribution in [-0.2, 0) is 4.79 Å². The Bertz CT molecular complexity index is 420. The van der Waals surface area contributed by atoms with Gasteiger partial charge in [-0.1, -0.05) is 96.8 Å². The molecule has 168 valence electrons. The van der Waals surface area contributed by atoms with Crippen LogP contribution in [0.3, 0.4) is 0 Å². The van der Waals surface area contributed by atoms with Crippen molar-refractivity contribution in [3.05, 3.63) is 0 Å². The Morgan fingerprint density at radius 3 is 1.34 bits per heavy atom. The van der Waals surface area contributed by atoms with E-state index in [0.717, 1.165) is 54.6 Å². The van der Waals surface area contributed by atoms with Crippen molar-refractivity contribution in [1.82, 2.24) is 0 Å². The van der Waals surface area contributed by atoms with Crippen LogP contribution in [0, 0.1) is 35.5 Å². The molecule has 29 heavy (non-hydrogen) atoms. The molecule has 0 amide bonds. The van der Waals surface area contributed by atoms with Gasteiger partial charge >= 0.3 is 0 Å². The van der Waals surface area contributed by atoms with E-state index in [0.29, 0.717) is 0 Å². The number of carbonyl (C=O) groups excluding carboxylic acids is 1. The summed E-state index contributed by atoms with van der Waals surface area (Å²) in [6, 6.07) is 0. The third-order valence-corrected chi connectivity index (χ3v) is 9.28. The van der Waals surface area contributed by atoms with Gasteiger partial charge in [0, 0.05) is 6.42 Å². The Labute approximate surface area is 182 Å². The first-order valence-corrected chi connectivity index (χ1v) is 13.7. The molecule has 0 spiro atoms. The summed E-state index contributed by atoms with van der Waals surface area (Å²) in [6.45, 7) is 2.36. The average molecular weight is 403 g/mol. The minimum Gasteiger partial charge on any atom is -0.303 e. The lowest BCUT2D eigenvalue weighted by Crippen LogP contribution is -2.25. The first kappa shape index (κ1) is 23.3. The minimum atomic E-state index is 0.789. The molecule has 3 aliphatic carbocycles. The third kappa shape index (κ3) is 8.02. The molecule has 0 unspecified atom stereocenters. The van der Waals surface area contributed by atoms with Crippen molar-refractivity contribution in [2.75, 3.05) is 0 Å². The van der Waals surface area contributed by atoms with Crippen molar-refractivity contribution in [3.63, 3.8) is 0 Å². The molecule has 0 aliphatic heterocycles. The van der Waals surface area contributed by atoms with Gasteiger partial charge in [-0.3, -0.25) is 0 Å². The monoisotopic (exact) mass is 402 g/mol. The van der Waals surface area contributed by atoms with Crippen molar-refractivity contribution in [2.24, 2.45) is 35.5 Å². The van der Waals surface area contributed by atoms with E-state index < -0.39 is 0 Å². The SMILES string of the molecule is CCCC1CCC(C2CCC(CCCCC3CCC(CCC=O)CC3)CC2)CC1. The highest BCUT2D eigenvalue weighted by atomic mass is 16.1. The quantitative estimate of drug-likeness (QED) is 0.249. The maximum atomic E-state index is 10.5. The van der Waals surface area contributed by atoms with E-state index in [1.807, 2.05) is 0 Å². The molecule has 0 bridgehead atoms. The van der Waals surface area contributed by atoms with E-state index in [9.17, 15) is 4.79 Å². The lowest BCUT2D eigenvalue weighted by Gasteiger charge is -2.38. The van der Waals surface area contributed by atoms with E-state index in [1.165, 1.54) is 77.0 Å². The van der Waals surface area contributed by atoms with Gasteiger partial charge in [-0.2, -0.15) is 0 Å². The second-order valence-electron chi connectivity index (χ2n) is 11.3. The largest absolute Gasteiger partial charge is 0.303 e. The molecule has 1 nitrogen and oxygen atoms in total. The molecular formula is C28H50O. The lowest BCUT2D eigenvalue weighted by atomic mass is 9.68. The highest BCUT2D eigenvalue weighted by Gasteiger charge is 2.30. The summed E-state index contributed by atoms with van der Waals surface area (Å²) in [5.74, 6) is 6.16. The fourth-order valence-corrected chi connectivity index (χ4v) is 7.28. The van der Waals surface area contributed by atoms with Crippen LogP contribution in [0.1, 0.15) is 135 Å². The fourth-order valence-electron chi connectivity index (χ4n) is 7.28. The van der Waals surface area contributed by atoms with Gasteiger partial charge in [0.2, 0.25) is 0 Å². The zero-order valence-electron chi connectivity index (χ0n) is 19.6. The first-order chi connectivity index (χ1) is 14.3. The number of aldehydes is 1. The van der Waals surface area contributed by atoms with Gasteiger partial charge in [-0.25, -0.2) is 0 Å². The maximum absolute atomic E-state index is 10.5. The maximum Gasteiger partial charge on any atom is 0.120 e. The summed E-state index contributed by atoms with van der Waals surface area (Å²) in [6.07, 6.45) is 29.9. The topological polar surface area (TPSA) is 17.1 Å². The predicted molar refractivity (Wildman–Crippen MR) is 125 cm³/mol. The molecule has 0 atom stereocenters. The van der Waals surface area contributed by atoms with Gasteiger partial charge in [-0.15, -0.1) is 0 Å². The van der Waals surface area contributed by atoms with Crippen LogP contribution in [0.2, 0.25) is 0 Å². The molecule has 0 heterocycles. The average Bonchev–Trinajstić information content (AvgIpc) is 2.77. The van der Waals surface area contributed by atoms with Crippen LogP contribution in [0.15, 0.2) is 0 Å². The van der Waals surface area contributed by atoms with Crippen LogP contribution < -0.4 is 0 Å². The summed E-state index contributed by atoms with van der Waals surface area (Å²) in [4.78, 5) is 10.5. The van der Waals surface area contributed by atoms with E-state index in [1.54, 1.807) is 38.5 Å². The molecule has 3 aliphatic rings. The lowest BCUT2D eigenvalue weighted by molar-refractivity contribution is -0.108. The number of unbranched alkanes of at least 4 members (excludes halogenated alkanes) is 1. The zero-order chi connectivity index (χ0) is 20.3. The van der Waals surface area contributed by atoms with Crippen molar-refractivity contribution in [1.29, 1.82) is 0 Å². The van der Waals surface area contributed by atoms with Gasteiger partial charge < -0.3 is 4.79 Å². The van der Waals surface area contributed by atoms with Crippen molar-refractivity contribution >= 4 is 6.29 Å². The van der Waals surface area contributed by atoms with E-state index >= 15 is 0 Å². The second kappa shape index (κ2) is 13.2. The molecule has 0 radical (unpaired) electrons. The van der Waals surface area contributed by atoms with Crippen LogP contribution in [-0.4, -0.2) is 6.29 Å². The minimum absolute atomic E-state index is 0.789. The van der Waals surface area contributed by atoms with Crippen molar-refractivity contribution in [3.8, 4) is 0 Å². The third-order valence-electron chi connectivity index (χ3n) is 9.28. The normalized spacial score (nSPS) is 36.0. The summed E-state index contributed by atoms with van der Waals surface area (Å²) in [5, 5.41) is 0. The summed E-state index contributed by atoms with van der Waals surface area (Å²) >= 11 is 0. The number of hydrogen-bond donors (Lipinski definition) is 0. The molecule has 3 rings (SSSR count). The van der Waals surface area contributed by atoms with E-state index in [4.69, 9.17) is 0 Å². The molecule has 1 heteroatoms. The van der Waals surface area contributed by atoms with Gasteiger partial charge in [0.05, 0.1) is 0 Å². The Morgan fingerprint density at radius 1 is 0.552 bits per heavy atom. The molecule has 0 aromatic rings. The Balaban J connectivity index is 1.20. The first-order valence-electron chi connectivity index (χ1n) is 13.7. The van der Waals surface area contributed by atoms with E-state index in [-0.39, 0.29) is 0 Å². The fraction of sp³-hybridized carbons (Fsp3) is 0.964.